The first-order valence-electron chi connectivity index (χ1n) is 12.2. The minimum Gasteiger partial charge on any atom is -0.356 e. The van der Waals surface area contributed by atoms with Gasteiger partial charge in [-0.2, -0.15) is 0 Å². The number of halogens is 3. The average molecular weight is 470 g/mol. The summed E-state index contributed by atoms with van der Waals surface area (Å²) in [4.78, 5) is 17.8. The molecule has 0 radical (unpaired) electrons. The third-order valence-electron chi connectivity index (χ3n) is 7.33. The number of aromatic amines is 1. The zero-order valence-corrected chi connectivity index (χ0v) is 19.2. The smallest absolute Gasteiger partial charge is 0.221 e. The van der Waals surface area contributed by atoms with Crippen molar-refractivity contribution in [3.8, 4) is 11.3 Å². The molecule has 3 aromatic rings. The summed E-state index contributed by atoms with van der Waals surface area (Å²) in [7, 11) is 0. The molecule has 7 heteroatoms. The summed E-state index contributed by atoms with van der Waals surface area (Å²) < 4.78 is 42.0. The molecule has 34 heavy (non-hydrogen) atoms. The van der Waals surface area contributed by atoms with E-state index in [1.165, 1.54) is 37.5 Å². The molecule has 1 aromatic heterocycles. The van der Waals surface area contributed by atoms with Crippen LogP contribution >= 0.6 is 0 Å². The highest BCUT2D eigenvalue weighted by atomic mass is 19.1. The van der Waals surface area contributed by atoms with Crippen molar-refractivity contribution in [3.63, 3.8) is 0 Å². The van der Waals surface area contributed by atoms with E-state index in [0.29, 0.717) is 30.0 Å². The number of hydrogen-bond acceptors (Lipinski definition) is 2. The molecule has 1 aliphatic heterocycles. The molecule has 5 rings (SSSR count). The minimum absolute atomic E-state index is 0.0808. The van der Waals surface area contributed by atoms with E-state index in [2.05, 4.69) is 15.2 Å². The van der Waals surface area contributed by atoms with Crippen LogP contribution in [0.2, 0.25) is 0 Å². The highest BCUT2D eigenvalue weighted by molar-refractivity contribution is 5.92. The number of H-pyrrole nitrogens is 1. The summed E-state index contributed by atoms with van der Waals surface area (Å²) in [5.74, 6) is -1.08. The van der Waals surface area contributed by atoms with Crippen LogP contribution in [-0.2, 0) is 4.79 Å². The SMILES string of the molecule is O=C(CCN1CCCCC1)NC[C@H]1C[C@@H](c2c(-c3ccc(F)cc3)[nH]c3c(F)cc(F)cc32)C1. The van der Waals surface area contributed by atoms with Crippen LogP contribution in [0.25, 0.3) is 22.2 Å². The van der Waals surface area contributed by atoms with E-state index in [9.17, 15) is 18.0 Å². The molecule has 0 unspecified atom stereocenters. The monoisotopic (exact) mass is 469 g/mol. The third kappa shape index (κ3) is 4.85. The van der Waals surface area contributed by atoms with E-state index in [1.807, 2.05) is 0 Å². The van der Waals surface area contributed by atoms with E-state index in [0.717, 1.165) is 49.7 Å². The second kappa shape index (κ2) is 9.82. The van der Waals surface area contributed by atoms with Crippen molar-refractivity contribution in [2.45, 2.75) is 44.4 Å². The summed E-state index contributed by atoms with van der Waals surface area (Å²) in [6.45, 7) is 3.60. The number of nitrogens with one attached hydrogen (secondary N) is 2. The van der Waals surface area contributed by atoms with Gasteiger partial charge in [0.05, 0.1) is 11.2 Å². The second-order valence-electron chi connectivity index (χ2n) is 9.72. The fraction of sp³-hybridized carbons (Fsp3) is 0.444. The quantitative estimate of drug-likeness (QED) is 0.464. The van der Waals surface area contributed by atoms with Gasteiger partial charge in [-0.25, -0.2) is 13.2 Å². The lowest BCUT2D eigenvalue weighted by molar-refractivity contribution is -0.121. The molecule has 1 saturated heterocycles. The summed E-state index contributed by atoms with van der Waals surface area (Å²) in [6, 6.07) is 8.27. The van der Waals surface area contributed by atoms with Crippen molar-refractivity contribution < 1.29 is 18.0 Å². The lowest BCUT2D eigenvalue weighted by Crippen LogP contribution is -2.38. The van der Waals surface area contributed by atoms with Crippen LogP contribution in [0.1, 0.15) is 50.0 Å². The molecule has 0 atom stereocenters. The maximum Gasteiger partial charge on any atom is 0.221 e. The first kappa shape index (κ1) is 23.0. The van der Waals surface area contributed by atoms with Crippen LogP contribution in [0.5, 0.6) is 0 Å². The number of carbonyl (C=O) groups excluding carboxylic acids is 1. The van der Waals surface area contributed by atoms with Crippen LogP contribution in [0.3, 0.4) is 0 Å². The molecule has 1 aliphatic carbocycles. The zero-order chi connectivity index (χ0) is 23.7. The first-order chi connectivity index (χ1) is 16.5. The number of rotatable bonds is 7. The van der Waals surface area contributed by atoms with Gasteiger partial charge in [-0.3, -0.25) is 4.79 Å². The molecular formula is C27H30F3N3O. The van der Waals surface area contributed by atoms with E-state index in [-0.39, 0.29) is 23.2 Å². The van der Waals surface area contributed by atoms with Gasteiger partial charge in [0.25, 0.3) is 0 Å². The van der Waals surface area contributed by atoms with E-state index in [4.69, 9.17) is 0 Å². The van der Waals surface area contributed by atoms with Crippen LogP contribution in [0.4, 0.5) is 13.2 Å². The Balaban J connectivity index is 1.25. The summed E-state index contributed by atoms with van der Waals surface area (Å²) in [6.07, 6.45) is 5.88. The molecule has 4 nitrogen and oxygen atoms in total. The maximum atomic E-state index is 14.5. The summed E-state index contributed by atoms with van der Waals surface area (Å²) in [5.41, 5.74) is 2.58. The van der Waals surface area contributed by atoms with Crippen molar-refractivity contribution in [2.75, 3.05) is 26.2 Å². The fourth-order valence-electron chi connectivity index (χ4n) is 5.44. The molecular weight excluding hydrogens is 439 g/mol. The predicted octanol–water partition coefficient (Wildman–Crippen LogP) is 5.74. The van der Waals surface area contributed by atoms with Gasteiger partial charge >= 0.3 is 0 Å². The highest BCUT2D eigenvalue weighted by Gasteiger charge is 2.34. The average Bonchev–Trinajstić information content (AvgIpc) is 3.17. The van der Waals surface area contributed by atoms with Gasteiger partial charge in [0.15, 0.2) is 0 Å². The van der Waals surface area contributed by atoms with E-state index in [1.54, 1.807) is 12.1 Å². The molecule has 180 valence electrons. The van der Waals surface area contributed by atoms with Crippen molar-refractivity contribution in [1.82, 2.24) is 15.2 Å². The van der Waals surface area contributed by atoms with E-state index >= 15 is 0 Å². The Morgan fingerprint density at radius 2 is 1.74 bits per heavy atom. The molecule has 0 bridgehead atoms. The number of amides is 1. The molecule has 2 heterocycles. The van der Waals surface area contributed by atoms with Crippen molar-refractivity contribution in [2.24, 2.45) is 5.92 Å². The first-order valence-corrected chi connectivity index (χ1v) is 12.2. The largest absolute Gasteiger partial charge is 0.356 e. The predicted molar refractivity (Wildman–Crippen MR) is 127 cm³/mol. The molecule has 1 saturated carbocycles. The molecule has 2 aliphatic rings. The Kier molecular flexibility index (Phi) is 6.63. The number of hydrogen-bond donors (Lipinski definition) is 2. The Morgan fingerprint density at radius 1 is 1.00 bits per heavy atom. The number of carbonyl (C=O) groups is 1. The standard InChI is InChI=1S/C27H30F3N3O/c28-20-6-4-18(5-7-20)26-25(22-14-21(29)15-23(30)27(22)32-26)19-12-17(13-19)16-31-24(34)8-11-33-9-2-1-3-10-33/h4-7,14-15,17,19,32H,1-3,8-13,16H2,(H,31,34)/t17-,19+. The Labute approximate surface area is 197 Å². The summed E-state index contributed by atoms with van der Waals surface area (Å²) >= 11 is 0. The van der Waals surface area contributed by atoms with Crippen molar-refractivity contribution in [3.05, 3.63) is 59.4 Å². The van der Waals surface area contributed by atoms with Crippen molar-refractivity contribution >= 4 is 16.8 Å². The van der Waals surface area contributed by atoms with Crippen LogP contribution in [0, 0.1) is 23.4 Å². The lowest BCUT2D eigenvalue weighted by Gasteiger charge is -2.36. The number of piperidine rings is 1. The third-order valence-corrected chi connectivity index (χ3v) is 7.33. The number of aromatic nitrogens is 1. The highest BCUT2D eigenvalue weighted by Crippen LogP contribution is 2.48. The number of benzene rings is 2. The second-order valence-corrected chi connectivity index (χ2v) is 9.72. The maximum absolute atomic E-state index is 14.5. The number of nitrogens with zero attached hydrogens (tertiary/aromatic N) is 1. The van der Waals surface area contributed by atoms with Gasteiger partial charge in [-0.05, 0) is 92.1 Å². The van der Waals surface area contributed by atoms with Gasteiger partial charge in [0.2, 0.25) is 5.91 Å². The topological polar surface area (TPSA) is 48.1 Å². The zero-order valence-electron chi connectivity index (χ0n) is 19.2. The number of fused-ring (bicyclic) bond motifs is 1. The Morgan fingerprint density at radius 3 is 2.47 bits per heavy atom. The normalized spacial score (nSPS) is 20.9. The van der Waals surface area contributed by atoms with Crippen LogP contribution in [-0.4, -0.2) is 42.0 Å². The minimum atomic E-state index is -0.638. The lowest BCUT2D eigenvalue weighted by atomic mass is 9.70. The molecule has 1 amide bonds. The van der Waals surface area contributed by atoms with Gasteiger partial charge in [0.1, 0.15) is 17.5 Å². The molecule has 2 N–H and O–H groups in total. The Bertz CT molecular complexity index is 1160. The van der Waals surface area contributed by atoms with Crippen molar-refractivity contribution in [1.29, 1.82) is 0 Å². The van der Waals surface area contributed by atoms with Gasteiger partial charge in [-0.15, -0.1) is 0 Å². The molecule has 2 fully saturated rings. The Hall–Kier alpha value is -2.80. The molecule has 2 aromatic carbocycles. The number of likely N-dealkylation sites (tertiary alicyclic amines) is 1. The van der Waals surface area contributed by atoms with Gasteiger partial charge in [-0.1, -0.05) is 6.42 Å². The van der Waals surface area contributed by atoms with Gasteiger partial charge < -0.3 is 15.2 Å². The van der Waals surface area contributed by atoms with Gasteiger partial charge in [0, 0.05) is 31.0 Å². The van der Waals surface area contributed by atoms with Crippen LogP contribution in [0.15, 0.2) is 36.4 Å². The van der Waals surface area contributed by atoms with Crippen LogP contribution < -0.4 is 5.32 Å². The van der Waals surface area contributed by atoms with E-state index < -0.39 is 11.6 Å². The summed E-state index contributed by atoms with van der Waals surface area (Å²) in [5, 5.41) is 3.60. The fourth-order valence-corrected chi connectivity index (χ4v) is 5.44. The molecule has 0 spiro atoms.